The van der Waals surface area contributed by atoms with Crippen LogP contribution in [0.25, 0.3) is 0 Å². The van der Waals surface area contributed by atoms with Gasteiger partial charge in [-0.15, -0.1) is 0 Å². The van der Waals surface area contributed by atoms with Gasteiger partial charge in [-0.3, -0.25) is 5.10 Å². The predicted molar refractivity (Wildman–Crippen MR) is 51.5 cm³/mol. The van der Waals surface area contributed by atoms with Crippen LogP contribution in [-0.4, -0.2) is 24.4 Å². The van der Waals surface area contributed by atoms with Crippen LogP contribution in [0.4, 0.5) is 0 Å². The minimum Gasteiger partial charge on any atom is -0.286 e. The van der Waals surface area contributed by atoms with Gasteiger partial charge >= 0.3 is 0 Å². The first-order chi connectivity index (χ1) is 6.06. The summed E-state index contributed by atoms with van der Waals surface area (Å²) in [4.78, 5) is 0. The third kappa shape index (κ3) is 11.1. The van der Waals surface area contributed by atoms with Crippen LogP contribution < -0.4 is 5.14 Å². The van der Waals surface area contributed by atoms with Crippen LogP contribution >= 0.6 is 0 Å². The molecule has 76 valence electrons. The molecule has 1 rings (SSSR count). The molecule has 0 fully saturated rings. The Labute approximate surface area is 78.4 Å². The Kier molecular flexibility index (Phi) is 6.17. The van der Waals surface area contributed by atoms with E-state index in [4.69, 9.17) is 5.14 Å². The molecule has 0 spiro atoms. The lowest BCUT2D eigenvalue weighted by atomic mass is 10.4. The van der Waals surface area contributed by atoms with E-state index >= 15 is 0 Å². The van der Waals surface area contributed by atoms with Crippen LogP contribution in [0.2, 0.25) is 0 Å². The highest BCUT2D eigenvalue weighted by Crippen LogP contribution is 1.88. The maximum absolute atomic E-state index is 10.2. The number of primary sulfonamides is 1. The van der Waals surface area contributed by atoms with Gasteiger partial charge in [0.25, 0.3) is 0 Å². The van der Waals surface area contributed by atoms with Gasteiger partial charge < -0.3 is 0 Å². The van der Waals surface area contributed by atoms with Crippen molar-refractivity contribution in [2.45, 2.75) is 19.8 Å². The topological polar surface area (TPSA) is 88.8 Å². The van der Waals surface area contributed by atoms with Crippen LogP contribution in [0.5, 0.6) is 0 Å². The summed E-state index contributed by atoms with van der Waals surface area (Å²) in [7, 11) is -3.19. The van der Waals surface area contributed by atoms with E-state index in [9.17, 15) is 8.42 Å². The Hall–Kier alpha value is -0.880. The first-order valence-corrected chi connectivity index (χ1v) is 5.72. The van der Waals surface area contributed by atoms with E-state index < -0.39 is 10.0 Å². The van der Waals surface area contributed by atoms with Crippen molar-refractivity contribution in [1.82, 2.24) is 10.2 Å². The molecule has 6 heteroatoms. The first kappa shape index (κ1) is 12.1. The molecule has 0 unspecified atom stereocenters. The number of unbranched alkanes of at least 4 members (excludes halogenated alkanes) is 1. The summed E-state index contributed by atoms with van der Waals surface area (Å²) in [5.41, 5.74) is 0. The molecule has 0 aromatic carbocycles. The van der Waals surface area contributed by atoms with E-state index in [1.165, 1.54) is 0 Å². The molecule has 0 radical (unpaired) electrons. The van der Waals surface area contributed by atoms with Crippen molar-refractivity contribution >= 4 is 10.0 Å². The average Bonchev–Trinajstić information content (AvgIpc) is 2.56. The Balaban J connectivity index is 0.000000243. The standard InChI is InChI=1S/C4H11NO2S.C3H4N2/c1-2-3-4-8(5,6)7;1-2-4-5-3-1/h2-4H2,1H3,(H2,5,6,7);1-3H,(H,4,5). The van der Waals surface area contributed by atoms with Gasteiger partial charge in [-0.05, 0) is 12.5 Å². The molecule has 0 bridgehead atoms. The zero-order chi connectivity index (χ0) is 10.2. The second-order valence-corrected chi connectivity index (χ2v) is 4.22. The molecule has 0 aliphatic rings. The van der Waals surface area contributed by atoms with Gasteiger partial charge in [0, 0.05) is 12.4 Å². The Morgan fingerprint density at radius 1 is 1.54 bits per heavy atom. The van der Waals surface area contributed by atoms with Crippen molar-refractivity contribution < 1.29 is 8.42 Å². The average molecular weight is 205 g/mol. The third-order valence-electron chi connectivity index (χ3n) is 1.19. The Bertz CT molecular complexity index is 263. The van der Waals surface area contributed by atoms with Crippen molar-refractivity contribution in [2.75, 3.05) is 5.75 Å². The summed E-state index contributed by atoms with van der Waals surface area (Å²) < 4.78 is 20.3. The molecule has 1 aromatic rings. The van der Waals surface area contributed by atoms with Gasteiger partial charge in [-0.2, -0.15) is 5.10 Å². The van der Waals surface area contributed by atoms with E-state index in [1.54, 1.807) is 12.4 Å². The van der Waals surface area contributed by atoms with Crippen LogP contribution in [-0.2, 0) is 10.0 Å². The monoisotopic (exact) mass is 205 g/mol. The molecule has 0 aliphatic carbocycles. The normalized spacial score (nSPS) is 10.3. The smallest absolute Gasteiger partial charge is 0.209 e. The van der Waals surface area contributed by atoms with Gasteiger partial charge in [0.15, 0.2) is 0 Å². The Morgan fingerprint density at radius 3 is 2.38 bits per heavy atom. The number of nitrogens with one attached hydrogen (secondary N) is 1. The summed E-state index contributed by atoms with van der Waals surface area (Å²) in [6, 6.07) is 1.83. The highest BCUT2D eigenvalue weighted by Gasteiger charge is 1.98. The lowest BCUT2D eigenvalue weighted by Gasteiger charge is -1.91. The van der Waals surface area contributed by atoms with Crippen molar-refractivity contribution in [2.24, 2.45) is 5.14 Å². The fraction of sp³-hybridized carbons (Fsp3) is 0.571. The molecule has 13 heavy (non-hydrogen) atoms. The van der Waals surface area contributed by atoms with Gasteiger partial charge in [-0.25, -0.2) is 13.6 Å². The van der Waals surface area contributed by atoms with Gasteiger partial charge in [-0.1, -0.05) is 13.3 Å². The molecule has 1 aromatic heterocycles. The van der Waals surface area contributed by atoms with Crippen LogP contribution in [0.15, 0.2) is 18.5 Å². The number of aromatic amines is 1. The quantitative estimate of drug-likeness (QED) is 0.752. The van der Waals surface area contributed by atoms with Gasteiger partial charge in [0.1, 0.15) is 0 Å². The Morgan fingerprint density at radius 2 is 2.23 bits per heavy atom. The van der Waals surface area contributed by atoms with Crippen molar-refractivity contribution in [1.29, 1.82) is 0 Å². The lowest BCUT2D eigenvalue weighted by molar-refractivity contribution is 0.594. The number of hydrogen-bond acceptors (Lipinski definition) is 3. The summed E-state index contributed by atoms with van der Waals surface area (Å²) in [5.74, 6) is 0.115. The number of sulfonamides is 1. The molecule has 0 saturated heterocycles. The predicted octanol–water partition coefficient (Wildman–Crippen LogP) is 0.485. The van der Waals surface area contributed by atoms with Gasteiger partial charge in [0.05, 0.1) is 5.75 Å². The van der Waals surface area contributed by atoms with E-state index in [0.717, 1.165) is 6.42 Å². The highest BCUT2D eigenvalue weighted by atomic mass is 32.2. The number of nitrogens with two attached hydrogens (primary N) is 1. The second kappa shape index (κ2) is 6.62. The summed E-state index contributed by atoms with van der Waals surface area (Å²) >= 11 is 0. The van der Waals surface area contributed by atoms with Crippen molar-refractivity contribution in [3.8, 4) is 0 Å². The fourth-order valence-electron chi connectivity index (χ4n) is 0.561. The number of nitrogens with zero attached hydrogens (tertiary/aromatic N) is 1. The number of H-pyrrole nitrogens is 1. The van der Waals surface area contributed by atoms with E-state index in [0.29, 0.717) is 6.42 Å². The third-order valence-corrected chi connectivity index (χ3v) is 2.05. The maximum atomic E-state index is 10.2. The fourth-order valence-corrected chi connectivity index (χ4v) is 1.25. The zero-order valence-electron chi connectivity index (χ0n) is 7.60. The number of aromatic nitrogens is 2. The van der Waals surface area contributed by atoms with E-state index in [-0.39, 0.29) is 5.75 Å². The van der Waals surface area contributed by atoms with E-state index in [1.807, 2.05) is 13.0 Å². The molecule has 0 atom stereocenters. The van der Waals surface area contributed by atoms with Crippen LogP contribution in [0, 0.1) is 0 Å². The number of hydrogen-bond donors (Lipinski definition) is 2. The highest BCUT2D eigenvalue weighted by molar-refractivity contribution is 7.89. The second-order valence-electron chi connectivity index (χ2n) is 2.49. The maximum Gasteiger partial charge on any atom is 0.209 e. The first-order valence-electron chi connectivity index (χ1n) is 4.00. The minimum absolute atomic E-state index is 0.115. The zero-order valence-corrected chi connectivity index (χ0v) is 8.42. The molecule has 1 heterocycles. The number of rotatable bonds is 3. The molecule has 0 aliphatic heterocycles. The summed E-state index contributed by atoms with van der Waals surface area (Å²) in [6.07, 6.45) is 5.00. The summed E-state index contributed by atoms with van der Waals surface area (Å²) in [5, 5.41) is 10.9. The molecule has 0 amide bonds. The molecule has 3 N–H and O–H groups in total. The minimum atomic E-state index is -3.19. The summed E-state index contributed by atoms with van der Waals surface area (Å²) in [6.45, 7) is 1.92. The molecular weight excluding hydrogens is 190 g/mol. The van der Waals surface area contributed by atoms with Crippen LogP contribution in [0.3, 0.4) is 0 Å². The largest absolute Gasteiger partial charge is 0.286 e. The van der Waals surface area contributed by atoms with E-state index in [2.05, 4.69) is 10.2 Å². The van der Waals surface area contributed by atoms with Crippen LogP contribution in [0.1, 0.15) is 19.8 Å². The molecule has 5 nitrogen and oxygen atoms in total. The lowest BCUT2D eigenvalue weighted by Crippen LogP contribution is -2.15. The molecular formula is C7H15N3O2S. The van der Waals surface area contributed by atoms with Crippen molar-refractivity contribution in [3.05, 3.63) is 18.5 Å². The van der Waals surface area contributed by atoms with Crippen molar-refractivity contribution in [3.63, 3.8) is 0 Å². The van der Waals surface area contributed by atoms with Gasteiger partial charge in [0.2, 0.25) is 10.0 Å². The molecule has 0 saturated carbocycles. The SMILES string of the molecule is CCCCS(N)(=O)=O.c1cn[nH]c1.